The van der Waals surface area contributed by atoms with E-state index < -0.39 is 5.97 Å². The second kappa shape index (κ2) is 8.73. The van der Waals surface area contributed by atoms with Crippen molar-refractivity contribution in [2.75, 3.05) is 6.61 Å². The Morgan fingerprint density at radius 3 is 1.96 bits per heavy atom. The van der Waals surface area contributed by atoms with Crippen molar-refractivity contribution in [1.29, 1.82) is 0 Å². The first-order valence-corrected chi connectivity index (χ1v) is 7.16. The van der Waals surface area contributed by atoms with Gasteiger partial charge in [0.05, 0.1) is 17.7 Å². The van der Waals surface area contributed by atoms with Gasteiger partial charge in [-0.05, 0) is 49.7 Å². The van der Waals surface area contributed by atoms with Crippen LogP contribution in [0.5, 0.6) is 5.75 Å². The highest BCUT2D eigenvalue weighted by atomic mass is 16.5. The third-order valence-corrected chi connectivity index (χ3v) is 3.03. The molecule has 0 spiro atoms. The van der Waals surface area contributed by atoms with Crippen molar-refractivity contribution >= 4 is 11.9 Å². The standard InChI is InChI=1S/C18H18O4.CH4/c1-3-12-21-17(19)14-8-10-16(11-9-14)22-18(20)15-6-4-13(2)5-7-15;/h4-11H,3,12H2,1-2H3;1H4. The quantitative estimate of drug-likeness (QED) is 0.605. The lowest BCUT2D eigenvalue weighted by Crippen LogP contribution is -2.09. The fraction of sp³-hybridized carbons (Fsp3) is 0.263. The lowest BCUT2D eigenvalue weighted by Gasteiger charge is -2.06. The van der Waals surface area contributed by atoms with Gasteiger partial charge in [0.1, 0.15) is 5.75 Å². The van der Waals surface area contributed by atoms with Crippen LogP contribution in [0.2, 0.25) is 0 Å². The maximum atomic E-state index is 12.0. The monoisotopic (exact) mass is 314 g/mol. The Bertz CT molecular complexity index is 642. The van der Waals surface area contributed by atoms with E-state index >= 15 is 0 Å². The van der Waals surface area contributed by atoms with Crippen molar-refractivity contribution in [2.45, 2.75) is 27.7 Å². The molecule has 4 heteroatoms. The number of esters is 2. The summed E-state index contributed by atoms with van der Waals surface area (Å²) in [7, 11) is 0. The molecular weight excluding hydrogens is 292 g/mol. The Balaban J connectivity index is 0.00000264. The van der Waals surface area contributed by atoms with Crippen molar-refractivity contribution < 1.29 is 19.1 Å². The third kappa shape index (κ3) is 5.25. The summed E-state index contributed by atoms with van der Waals surface area (Å²) >= 11 is 0. The Hall–Kier alpha value is -2.62. The average molecular weight is 314 g/mol. The van der Waals surface area contributed by atoms with Gasteiger partial charge in [0.2, 0.25) is 0 Å². The van der Waals surface area contributed by atoms with Gasteiger partial charge in [-0.1, -0.05) is 32.0 Å². The number of ether oxygens (including phenoxy) is 2. The van der Waals surface area contributed by atoms with Crippen LogP contribution in [-0.4, -0.2) is 18.5 Å². The minimum Gasteiger partial charge on any atom is -0.462 e. The molecule has 2 aromatic rings. The van der Waals surface area contributed by atoms with Crippen molar-refractivity contribution in [3.8, 4) is 5.75 Å². The van der Waals surface area contributed by atoms with Gasteiger partial charge in [0.25, 0.3) is 0 Å². The summed E-state index contributed by atoms with van der Waals surface area (Å²) in [5.41, 5.74) is 1.99. The summed E-state index contributed by atoms with van der Waals surface area (Å²) in [6, 6.07) is 13.4. The Labute approximate surface area is 137 Å². The second-order valence-corrected chi connectivity index (χ2v) is 4.92. The molecule has 0 bridgehead atoms. The number of carbonyl (C=O) groups excluding carboxylic acids is 2. The molecule has 0 aliphatic heterocycles. The van der Waals surface area contributed by atoms with Gasteiger partial charge in [0.15, 0.2) is 0 Å². The summed E-state index contributed by atoms with van der Waals surface area (Å²) in [5, 5.41) is 0. The zero-order valence-electron chi connectivity index (χ0n) is 12.7. The lowest BCUT2D eigenvalue weighted by molar-refractivity contribution is 0.0505. The highest BCUT2D eigenvalue weighted by molar-refractivity contribution is 5.92. The van der Waals surface area contributed by atoms with E-state index in [0.29, 0.717) is 23.5 Å². The zero-order chi connectivity index (χ0) is 15.9. The van der Waals surface area contributed by atoms with Gasteiger partial charge >= 0.3 is 11.9 Å². The van der Waals surface area contributed by atoms with E-state index in [1.807, 2.05) is 26.0 Å². The average Bonchev–Trinajstić information content (AvgIpc) is 2.54. The van der Waals surface area contributed by atoms with Crippen LogP contribution in [0.25, 0.3) is 0 Å². The van der Waals surface area contributed by atoms with Gasteiger partial charge in [-0.3, -0.25) is 0 Å². The van der Waals surface area contributed by atoms with Crippen LogP contribution < -0.4 is 4.74 Å². The maximum Gasteiger partial charge on any atom is 0.343 e. The molecule has 0 N–H and O–H groups in total. The summed E-state index contributed by atoms with van der Waals surface area (Å²) < 4.78 is 10.3. The normalized spacial score (nSPS) is 9.65. The van der Waals surface area contributed by atoms with Crippen LogP contribution >= 0.6 is 0 Å². The minimum absolute atomic E-state index is 0. The number of hydrogen-bond donors (Lipinski definition) is 0. The first-order valence-electron chi connectivity index (χ1n) is 7.16. The molecule has 0 aliphatic carbocycles. The van der Waals surface area contributed by atoms with Crippen LogP contribution in [0.3, 0.4) is 0 Å². The number of aryl methyl sites for hydroxylation is 1. The van der Waals surface area contributed by atoms with E-state index in [4.69, 9.17) is 9.47 Å². The number of benzene rings is 2. The predicted octanol–water partition coefficient (Wildman–Crippen LogP) is 4.42. The fourth-order valence-corrected chi connectivity index (χ4v) is 1.79. The van der Waals surface area contributed by atoms with Crippen LogP contribution in [0, 0.1) is 6.92 Å². The molecule has 0 fully saturated rings. The molecule has 0 amide bonds. The molecule has 0 heterocycles. The molecule has 0 atom stereocenters. The van der Waals surface area contributed by atoms with Crippen molar-refractivity contribution in [1.82, 2.24) is 0 Å². The molecule has 122 valence electrons. The first-order chi connectivity index (χ1) is 10.6. The molecule has 0 saturated carbocycles. The Morgan fingerprint density at radius 2 is 1.39 bits per heavy atom. The molecular formula is C19H22O4. The van der Waals surface area contributed by atoms with Gasteiger partial charge in [-0.15, -0.1) is 0 Å². The topological polar surface area (TPSA) is 52.6 Å². The van der Waals surface area contributed by atoms with Crippen LogP contribution in [0.4, 0.5) is 0 Å². The molecule has 2 aromatic carbocycles. The Morgan fingerprint density at radius 1 is 0.870 bits per heavy atom. The molecule has 23 heavy (non-hydrogen) atoms. The molecule has 0 aromatic heterocycles. The number of carbonyl (C=O) groups is 2. The van der Waals surface area contributed by atoms with Crippen LogP contribution in [0.15, 0.2) is 48.5 Å². The number of hydrogen-bond acceptors (Lipinski definition) is 4. The predicted molar refractivity (Wildman–Crippen MR) is 89.9 cm³/mol. The van der Waals surface area contributed by atoms with Gasteiger partial charge < -0.3 is 9.47 Å². The second-order valence-electron chi connectivity index (χ2n) is 4.92. The van der Waals surface area contributed by atoms with E-state index in [1.165, 1.54) is 0 Å². The summed E-state index contributed by atoms with van der Waals surface area (Å²) in [6.07, 6.45) is 0.776. The summed E-state index contributed by atoms with van der Waals surface area (Å²) in [6.45, 7) is 4.27. The SMILES string of the molecule is C.CCCOC(=O)c1ccc(OC(=O)c2ccc(C)cc2)cc1. The highest BCUT2D eigenvalue weighted by Crippen LogP contribution is 2.15. The van der Waals surface area contributed by atoms with E-state index in [9.17, 15) is 9.59 Å². The van der Waals surface area contributed by atoms with Gasteiger partial charge in [-0.2, -0.15) is 0 Å². The maximum absolute atomic E-state index is 12.0. The molecule has 0 radical (unpaired) electrons. The largest absolute Gasteiger partial charge is 0.462 e. The van der Waals surface area contributed by atoms with Crippen molar-refractivity contribution in [3.63, 3.8) is 0 Å². The van der Waals surface area contributed by atoms with E-state index in [0.717, 1.165) is 12.0 Å². The third-order valence-electron chi connectivity index (χ3n) is 3.03. The molecule has 2 rings (SSSR count). The van der Waals surface area contributed by atoms with E-state index in [2.05, 4.69) is 0 Å². The first kappa shape index (κ1) is 18.4. The summed E-state index contributed by atoms with van der Waals surface area (Å²) in [4.78, 5) is 23.6. The molecule has 4 nitrogen and oxygen atoms in total. The molecule has 0 unspecified atom stereocenters. The van der Waals surface area contributed by atoms with E-state index in [-0.39, 0.29) is 13.4 Å². The van der Waals surface area contributed by atoms with Crippen molar-refractivity contribution in [2.24, 2.45) is 0 Å². The summed E-state index contributed by atoms with van der Waals surface area (Å²) in [5.74, 6) is -0.419. The van der Waals surface area contributed by atoms with E-state index in [1.54, 1.807) is 36.4 Å². The zero-order valence-corrected chi connectivity index (χ0v) is 12.7. The fourth-order valence-electron chi connectivity index (χ4n) is 1.79. The lowest BCUT2D eigenvalue weighted by atomic mass is 10.1. The smallest absolute Gasteiger partial charge is 0.343 e. The van der Waals surface area contributed by atoms with Gasteiger partial charge in [-0.25, -0.2) is 9.59 Å². The molecule has 0 saturated heterocycles. The number of rotatable bonds is 5. The molecule has 0 aliphatic rings. The Kier molecular flexibility index (Phi) is 7.00. The van der Waals surface area contributed by atoms with Gasteiger partial charge in [0, 0.05) is 0 Å². The van der Waals surface area contributed by atoms with Crippen LogP contribution in [-0.2, 0) is 4.74 Å². The minimum atomic E-state index is -0.429. The van der Waals surface area contributed by atoms with Crippen LogP contribution in [0.1, 0.15) is 47.1 Å². The highest BCUT2D eigenvalue weighted by Gasteiger charge is 2.10. The van der Waals surface area contributed by atoms with Crippen molar-refractivity contribution in [3.05, 3.63) is 65.2 Å².